The van der Waals surface area contributed by atoms with Gasteiger partial charge in [0.2, 0.25) is 0 Å². The maximum absolute atomic E-state index is 12.2. The van der Waals surface area contributed by atoms with E-state index in [4.69, 9.17) is 9.47 Å². The molecule has 3 rings (SSSR count). The lowest BCUT2D eigenvalue weighted by atomic mass is 10.1. The number of nitro benzene ring substituents is 1. The molecule has 0 heterocycles. The highest BCUT2D eigenvalue weighted by molar-refractivity contribution is 9.10. The van der Waals surface area contributed by atoms with Gasteiger partial charge in [0.25, 0.3) is 11.6 Å². The molecule has 0 spiro atoms. The van der Waals surface area contributed by atoms with Gasteiger partial charge in [0.15, 0.2) is 11.5 Å². The van der Waals surface area contributed by atoms with Crippen molar-refractivity contribution in [3.05, 3.63) is 91.9 Å². The van der Waals surface area contributed by atoms with Gasteiger partial charge in [0.05, 0.1) is 23.3 Å². The molecule has 33 heavy (non-hydrogen) atoms. The largest absolute Gasteiger partial charge is 0.507 e. The van der Waals surface area contributed by atoms with E-state index in [-0.39, 0.29) is 17.0 Å². The lowest BCUT2D eigenvalue weighted by Gasteiger charge is -2.12. The number of phenolic OH excluding ortho intramolecular Hbond substituents is 1. The molecule has 0 aliphatic carbocycles. The topological polar surface area (TPSA) is 123 Å². The van der Waals surface area contributed by atoms with Crippen LogP contribution >= 0.6 is 15.9 Å². The molecule has 1 amide bonds. The molecule has 2 N–H and O–H groups in total. The third-order valence-electron chi connectivity index (χ3n) is 4.39. The van der Waals surface area contributed by atoms with E-state index in [9.17, 15) is 20.0 Å². The zero-order valence-electron chi connectivity index (χ0n) is 17.5. The van der Waals surface area contributed by atoms with Gasteiger partial charge in [-0.3, -0.25) is 14.9 Å². The average molecular weight is 514 g/mol. The zero-order valence-corrected chi connectivity index (χ0v) is 19.1. The normalized spacial score (nSPS) is 10.7. The van der Waals surface area contributed by atoms with E-state index in [1.54, 1.807) is 18.2 Å². The summed E-state index contributed by atoms with van der Waals surface area (Å²) in [6.07, 6.45) is 1.38. The fraction of sp³-hybridized carbons (Fsp3) is 0.130. The van der Waals surface area contributed by atoms with Crippen LogP contribution in [0.5, 0.6) is 17.2 Å². The number of nitrogens with one attached hydrogen (secondary N) is 1. The Morgan fingerprint density at radius 1 is 1.12 bits per heavy atom. The summed E-state index contributed by atoms with van der Waals surface area (Å²) in [6, 6.07) is 16.1. The number of hydrazone groups is 1. The van der Waals surface area contributed by atoms with Gasteiger partial charge in [-0.15, -0.1) is 0 Å². The second kappa shape index (κ2) is 11.1. The number of halogens is 1. The fourth-order valence-corrected chi connectivity index (χ4v) is 3.04. The van der Waals surface area contributed by atoms with Crippen molar-refractivity contribution in [1.29, 1.82) is 0 Å². The number of hydrogen-bond acceptors (Lipinski definition) is 7. The van der Waals surface area contributed by atoms with Crippen LogP contribution in [0.25, 0.3) is 0 Å². The van der Waals surface area contributed by atoms with Crippen molar-refractivity contribution in [3.63, 3.8) is 0 Å². The Kier molecular flexibility index (Phi) is 7.98. The van der Waals surface area contributed by atoms with Crippen LogP contribution in [0.2, 0.25) is 0 Å². The van der Waals surface area contributed by atoms with Gasteiger partial charge in [-0.25, -0.2) is 5.43 Å². The molecule has 0 fully saturated rings. The van der Waals surface area contributed by atoms with Gasteiger partial charge in [0, 0.05) is 16.6 Å². The molecule has 0 radical (unpaired) electrons. The van der Waals surface area contributed by atoms with Crippen LogP contribution in [0, 0.1) is 10.1 Å². The molecule has 0 atom stereocenters. The van der Waals surface area contributed by atoms with E-state index in [1.807, 2.05) is 31.2 Å². The number of amides is 1. The summed E-state index contributed by atoms with van der Waals surface area (Å²) in [6.45, 7) is 2.65. The van der Waals surface area contributed by atoms with Gasteiger partial charge < -0.3 is 14.6 Å². The van der Waals surface area contributed by atoms with Gasteiger partial charge in [-0.2, -0.15) is 5.10 Å². The second-order valence-electron chi connectivity index (χ2n) is 6.71. The van der Waals surface area contributed by atoms with Gasteiger partial charge in [-0.1, -0.05) is 28.1 Å². The summed E-state index contributed by atoms with van der Waals surface area (Å²) in [5.74, 6) is -0.102. The Hall–Kier alpha value is -3.92. The first-order chi connectivity index (χ1) is 15.9. The molecule has 0 aromatic heterocycles. The van der Waals surface area contributed by atoms with Crippen LogP contribution in [0.15, 0.2) is 70.2 Å². The maximum atomic E-state index is 12.2. The van der Waals surface area contributed by atoms with Crippen LogP contribution < -0.4 is 14.9 Å². The zero-order chi connectivity index (χ0) is 23.8. The number of phenols is 1. The molecule has 0 bridgehead atoms. The van der Waals surface area contributed by atoms with E-state index in [1.165, 1.54) is 6.21 Å². The lowest BCUT2D eigenvalue weighted by Crippen LogP contribution is -2.18. The molecule has 0 aliphatic rings. The summed E-state index contributed by atoms with van der Waals surface area (Å²) < 4.78 is 12.5. The van der Waals surface area contributed by atoms with Crippen molar-refractivity contribution in [1.82, 2.24) is 5.43 Å². The molecule has 170 valence electrons. The molecule has 0 saturated heterocycles. The van der Waals surface area contributed by atoms with Crippen molar-refractivity contribution in [2.45, 2.75) is 13.5 Å². The van der Waals surface area contributed by atoms with E-state index < -0.39 is 10.8 Å². The summed E-state index contributed by atoms with van der Waals surface area (Å²) in [4.78, 5) is 22.5. The van der Waals surface area contributed by atoms with Gasteiger partial charge in [0.1, 0.15) is 12.4 Å². The number of non-ortho nitro benzene ring substituents is 1. The third-order valence-corrected chi connectivity index (χ3v) is 4.92. The smallest absolute Gasteiger partial charge is 0.275 e. The first-order valence-electron chi connectivity index (χ1n) is 9.82. The van der Waals surface area contributed by atoms with Crippen LogP contribution in [-0.4, -0.2) is 28.8 Å². The Balaban J connectivity index is 1.68. The molecule has 3 aromatic carbocycles. The number of nitrogens with zero attached hydrogens (tertiary/aromatic N) is 2. The summed E-state index contributed by atoms with van der Waals surface area (Å²) in [5, 5.41) is 24.5. The Bertz CT molecular complexity index is 1180. The number of hydrogen-bond donors (Lipinski definition) is 2. The van der Waals surface area contributed by atoms with E-state index in [2.05, 4.69) is 26.5 Å². The number of nitro groups is 1. The summed E-state index contributed by atoms with van der Waals surface area (Å²) >= 11 is 3.40. The molecule has 10 heteroatoms. The monoisotopic (exact) mass is 513 g/mol. The molecule has 0 saturated carbocycles. The number of benzene rings is 3. The fourth-order valence-electron chi connectivity index (χ4n) is 2.78. The molecule has 0 aliphatic heterocycles. The Morgan fingerprint density at radius 2 is 1.88 bits per heavy atom. The minimum absolute atomic E-state index is 0.256. The number of carbonyl (C=O) groups is 1. The molecular weight excluding hydrogens is 494 g/mol. The second-order valence-corrected chi connectivity index (χ2v) is 7.63. The van der Waals surface area contributed by atoms with Crippen molar-refractivity contribution < 1.29 is 24.3 Å². The minimum Gasteiger partial charge on any atom is -0.507 e. The van der Waals surface area contributed by atoms with Gasteiger partial charge >= 0.3 is 0 Å². The Labute approximate surface area is 197 Å². The first kappa shape index (κ1) is 23.7. The van der Waals surface area contributed by atoms with Crippen molar-refractivity contribution >= 4 is 33.7 Å². The first-order valence-corrected chi connectivity index (χ1v) is 10.6. The van der Waals surface area contributed by atoms with Crippen molar-refractivity contribution in [2.24, 2.45) is 5.10 Å². The van der Waals surface area contributed by atoms with Crippen LogP contribution in [0.4, 0.5) is 5.69 Å². The number of rotatable bonds is 9. The highest BCUT2D eigenvalue weighted by atomic mass is 79.9. The predicted octanol–water partition coefficient (Wildman–Crippen LogP) is 4.80. The van der Waals surface area contributed by atoms with Crippen molar-refractivity contribution in [2.75, 3.05) is 6.61 Å². The van der Waals surface area contributed by atoms with Gasteiger partial charge in [-0.05, 0) is 54.4 Å². The van der Waals surface area contributed by atoms with Crippen molar-refractivity contribution in [3.8, 4) is 17.2 Å². The summed E-state index contributed by atoms with van der Waals surface area (Å²) in [5.41, 5.74) is 3.29. The number of carbonyl (C=O) groups excluding carboxylic acids is 1. The SMILES string of the molecule is CCOc1cc(/C=N\NC(=O)c2cc([N+](=O)[O-])ccc2O)ccc1OCc1ccc(Br)cc1. The molecule has 9 nitrogen and oxygen atoms in total. The third kappa shape index (κ3) is 6.53. The molecule has 0 unspecified atom stereocenters. The van der Waals surface area contributed by atoms with E-state index in [0.717, 1.165) is 28.2 Å². The molecule has 3 aromatic rings. The quantitative estimate of drug-likeness (QED) is 0.240. The highest BCUT2D eigenvalue weighted by Crippen LogP contribution is 2.29. The maximum Gasteiger partial charge on any atom is 0.275 e. The average Bonchev–Trinajstić information content (AvgIpc) is 2.80. The van der Waals surface area contributed by atoms with E-state index >= 15 is 0 Å². The minimum atomic E-state index is -0.785. The predicted molar refractivity (Wildman–Crippen MR) is 126 cm³/mol. The van der Waals surface area contributed by atoms with Crippen LogP contribution in [-0.2, 0) is 6.61 Å². The van der Waals surface area contributed by atoms with Crippen LogP contribution in [0.1, 0.15) is 28.4 Å². The highest BCUT2D eigenvalue weighted by Gasteiger charge is 2.16. The van der Waals surface area contributed by atoms with E-state index in [0.29, 0.717) is 30.3 Å². The number of ether oxygens (including phenoxy) is 2. The lowest BCUT2D eigenvalue weighted by molar-refractivity contribution is -0.384. The molecular formula is C23H20BrN3O6. The Morgan fingerprint density at radius 3 is 2.58 bits per heavy atom. The standard InChI is InChI=1S/C23H20BrN3O6/c1-2-32-22-11-16(5-10-21(22)33-14-15-3-6-17(24)7-4-15)13-25-26-23(29)19-12-18(27(30)31)8-9-20(19)28/h3-13,28H,2,14H2,1H3,(H,26,29)/b25-13-. The van der Waals surface area contributed by atoms with Crippen LogP contribution in [0.3, 0.4) is 0 Å². The number of aromatic hydroxyl groups is 1. The summed E-state index contributed by atoms with van der Waals surface area (Å²) in [7, 11) is 0.